The van der Waals surface area contributed by atoms with Gasteiger partial charge in [0.2, 0.25) is 18.2 Å². The predicted octanol–water partition coefficient (Wildman–Crippen LogP) is 4.41. The number of alkyl halides is 2. The van der Waals surface area contributed by atoms with Crippen molar-refractivity contribution in [2.45, 2.75) is 127 Å². The number of rotatable bonds is 12. The van der Waals surface area contributed by atoms with Crippen LogP contribution in [0.5, 0.6) is 0 Å². The molecule has 17 heteroatoms. The molecule has 4 amide bonds. The van der Waals surface area contributed by atoms with Gasteiger partial charge in [0, 0.05) is 77.0 Å². The number of halogens is 2. The molecule has 2 aromatic rings. The Balaban J connectivity index is 0.000000194. The van der Waals surface area contributed by atoms with Crippen LogP contribution in [0, 0.1) is 16.7 Å². The Morgan fingerprint density at radius 2 is 1.59 bits per heavy atom. The van der Waals surface area contributed by atoms with E-state index in [1.165, 1.54) is 0 Å². The first-order chi connectivity index (χ1) is 30.7. The third-order valence-electron chi connectivity index (χ3n) is 14.6. The zero-order chi connectivity index (χ0) is 46.1. The number of benzene rings is 1. The van der Waals surface area contributed by atoms with E-state index < -0.39 is 17.2 Å². The van der Waals surface area contributed by atoms with Crippen molar-refractivity contribution in [2.24, 2.45) is 22.5 Å². The monoisotopic (exact) mass is 898 g/mol. The van der Waals surface area contributed by atoms with Crippen molar-refractivity contribution in [3.05, 3.63) is 53.3 Å². The van der Waals surface area contributed by atoms with E-state index in [-0.39, 0.29) is 48.2 Å². The van der Waals surface area contributed by atoms with Crippen molar-refractivity contribution in [1.29, 1.82) is 0 Å². The van der Waals surface area contributed by atoms with Gasteiger partial charge < -0.3 is 40.3 Å². The van der Waals surface area contributed by atoms with Crippen LogP contribution in [0.15, 0.2) is 36.7 Å². The van der Waals surface area contributed by atoms with Gasteiger partial charge in [0.25, 0.3) is 11.8 Å². The first kappa shape index (κ1) is 49.1. The van der Waals surface area contributed by atoms with Gasteiger partial charge in [-0.1, -0.05) is 24.3 Å². The molecule has 2 bridgehead atoms. The zero-order valence-electron chi connectivity index (χ0n) is 37.9. The maximum absolute atomic E-state index is 13.9. The van der Waals surface area contributed by atoms with Crippen molar-refractivity contribution in [3.8, 4) is 0 Å². The second-order valence-electron chi connectivity index (χ2n) is 19.1. The SMILES string of the molecule is CC(CC(=O)N1CCC(c2ccccc2C=O)CC1)OCC12CCC(CC1)O2.CC(F)(F)C1(C(=O)N2CC3(CCN(C(=O)c4cnn(CC5CCNCC5)c4)C3)C2)CC1.CO.NC=O. The fourth-order valence-electron chi connectivity index (χ4n) is 10.7. The summed E-state index contributed by atoms with van der Waals surface area (Å²) in [6, 6.07) is 7.80. The molecule has 64 heavy (non-hydrogen) atoms. The normalized spacial score (nSPS) is 24.8. The maximum atomic E-state index is 13.9. The number of aldehydes is 1. The van der Waals surface area contributed by atoms with E-state index in [0.29, 0.717) is 62.7 Å². The minimum Gasteiger partial charge on any atom is -0.400 e. The third kappa shape index (κ3) is 11.4. The van der Waals surface area contributed by atoms with Gasteiger partial charge in [-0.15, -0.1) is 0 Å². The topological polar surface area (TPSA) is 190 Å². The van der Waals surface area contributed by atoms with Crippen LogP contribution in [0.3, 0.4) is 0 Å². The third-order valence-corrected chi connectivity index (χ3v) is 14.6. The number of fused-ring (bicyclic) bond motifs is 2. The number of nitrogens with two attached hydrogens (primary N) is 1. The summed E-state index contributed by atoms with van der Waals surface area (Å²) in [5.41, 5.74) is 4.96. The van der Waals surface area contributed by atoms with Crippen LogP contribution in [-0.4, -0.2) is 150 Å². The molecule has 1 unspecified atom stereocenters. The number of aromatic nitrogens is 2. The van der Waals surface area contributed by atoms with Gasteiger partial charge in [-0.25, -0.2) is 8.78 Å². The molecule has 9 rings (SSSR count). The molecule has 1 saturated carbocycles. The lowest BCUT2D eigenvalue weighted by molar-refractivity contribution is -0.163. The Morgan fingerprint density at radius 3 is 2.19 bits per heavy atom. The average Bonchev–Trinajstić information content (AvgIpc) is 3.61. The molecule has 1 aromatic carbocycles. The number of primary amides is 1. The van der Waals surface area contributed by atoms with Crippen LogP contribution in [0.25, 0.3) is 0 Å². The number of aliphatic hydroxyl groups excluding tert-OH is 1. The predicted molar refractivity (Wildman–Crippen MR) is 235 cm³/mol. The minimum absolute atomic E-state index is 0.0306. The largest absolute Gasteiger partial charge is 0.400 e. The van der Waals surface area contributed by atoms with E-state index in [2.05, 4.69) is 16.1 Å². The van der Waals surface area contributed by atoms with Crippen LogP contribution in [0.2, 0.25) is 0 Å². The number of carbonyl (C=O) groups is 5. The number of aliphatic hydroxyl groups is 1. The Morgan fingerprint density at radius 1 is 0.953 bits per heavy atom. The standard InChI is InChI=1S/C23H31NO4.C22H31F2N5O2.CH3NO.CH4O/c1-17(27-16-23-10-6-20(28-23)7-11-23)14-22(26)24-12-8-18(9-13-24)21-5-3-2-4-19(21)15-25;1-20(23,24)22(4-5-22)19(31)28-14-21(15-28)6-9-27(13-21)18(30)17-10-26-29(12-17)11-16-2-7-25-8-3-16;2-1-3;1-2/h2-5,15,17-18,20H,6-14,16H2,1H3;10,12,16,25H,2-9,11,13-15H2,1H3;1H,(H2,2,3);2H,1H3. The minimum atomic E-state index is -2.97. The van der Waals surface area contributed by atoms with E-state index in [1.54, 1.807) is 11.1 Å². The van der Waals surface area contributed by atoms with Crippen molar-refractivity contribution >= 4 is 30.4 Å². The summed E-state index contributed by atoms with van der Waals surface area (Å²) in [5.74, 6) is -2.30. The van der Waals surface area contributed by atoms with Crippen LogP contribution in [-0.2, 0) is 30.4 Å². The van der Waals surface area contributed by atoms with E-state index >= 15 is 0 Å². The molecule has 15 nitrogen and oxygen atoms in total. The summed E-state index contributed by atoms with van der Waals surface area (Å²) in [6.07, 6.45) is 15.3. The Bertz CT molecular complexity index is 1890. The molecule has 7 aliphatic rings. The molecule has 6 aliphatic heterocycles. The number of amides is 4. The van der Waals surface area contributed by atoms with E-state index in [0.717, 1.165) is 122 Å². The highest BCUT2D eigenvalue weighted by Gasteiger charge is 2.67. The van der Waals surface area contributed by atoms with E-state index in [9.17, 15) is 28.0 Å². The molecule has 7 fully saturated rings. The van der Waals surface area contributed by atoms with Gasteiger partial charge in [0.15, 0.2) is 0 Å². The van der Waals surface area contributed by atoms with E-state index in [1.807, 2.05) is 51.9 Å². The fourth-order valence-corrected chi connectivity index (χ4v) is 10.7. The molecule has 1 spiro atoms. The second-order valence-corrected chi connectivity index (χ2v) is 19.1. The highest BCUT2D eigenvalue weighted by molar-refractivity contribution is 5.94. The first-order valence-electron chi connectivity index (χ1n) is 23.1. The summed E-state index contributed by atoms with van der Waals surface area (Å²) in [6.45, 7) is 10.0. The second kappa shape index (κ2) is 21.3. The number of ether oxygens (including phenoxy) is 2. The molecule has 4 N–H and O–H groups in total. The molecule has 1 atom stereocenters. The molecule has 6 saturated heterocycles. The number of hydrogen-bond donors (Lipinski definition) is 3. The Kier molecular flexibility index (Phi) is 16.4. The smallest absolute Gasteiger partial charge is 0.259 e. The number of piperidine rings is 2. The van der Waals surface area contributed by atoms with Crippen molar-refractivity contribution in [2.75, 3.05) is 66.1 Å². The lowest BCUT2D eigenvalue weighted by Gasteiger charge is -2.49. The van der Waals surface area contributed by atoms with Crippen LogP contribution in [0.4, 0.5) is 8.78 Å². The molecule has 7 heterocycles. The molecular weight excluding hydrogens is 829 g/mol. The summed E-state index contributed by atoms with van der Waals surface area (Å²) in [7, 11) is 1.00. The molecule has 354 valence electrons. The first-order valence-corrected chi connectivity index (χ1v) is 23.1. The highest BCUT2D eigenvalue weighted by atomic mass is 19.3. The summed E-state index contributed by atoms with van der Waals surface area (Å²) in [4.78, 5) is 63.5. The summed E-state index contributed by atoms with van der Waals surface area (Å²) in [5, 5.41) is 14.7. The number of nitrogens with one attached hydrogen (secondary N) is 1. The van der Waals surface area contributed by atoms with Gasteiger partial charge in [0.1, 0.15) is 11.7 Å². The van der Waals surface area contributed by atoms with Crippen molar-refractivity contribution < 1.29 is 47.3 Å². The fraction of sp³-hybridized carbons (Fsp3) is 0.702. The molecule has 0 radical (unpaired) electrons. The van der Waals surface area contributed by atoms with Gasteiger partial charge in [-0.2, -0.15) is 5.10 Å². The van der Waals surface area contributed by atoms with Gasteiger partial charge >= 0.3 is 0 Å². The van der Waals surface area contributed by atoms with Crippen LogP contribution >= 0.6 is 0 Å². The van der Waals surface area contributed by atoms with E-state index in [4.69, 9.17) is 19.4 Å². The number of nitrogens with zero attached hydrogens (tertiary/aromatic N) is 5. The number of carbonyl (C=O) groups excluding carboxylic acids is 5. The molecule has 1 aromatic heterocycles. The van der Waals surface area contributed by atoms with Crippen molar-refractivity contribution in [3.63, 3.8) is 0 Å². The Labute approximate surface area is 375 Å². The van der Waals surface area contributed by atoms with Gasteiger partial charge in [-0.05, 0) is 108 Å². The van der Waals surface area contributed by atoms with Crippen LogP contribution in [0.1, 0.15) is 123 Å². The lowest BCUT2D eigenvalue weighted by atomic mass is 9.77. The average molecular weight is 898 g/mol. The zero-order valence-corrected chi connectivity index (χ0v) is 37.9. The molecule has 1 aliphatic carbocycles. The summed E-state index contributed by atoms with van der Waals surface area (Å²) >= 11 is 0. The number of likely N-dealkylation sites (tertiary alicyclic amines) is 3. The summed E-state index contributed by atoms with van der Waals surface area (Å²) < 4.78 is 41.7. The van der Waals surface area contributed by atoms with Gasteiger partial charge in [-0.3, -0.25) is 28.7 Å². The van der Waals surface area contributed by atoms with Gasteiger partial charge in [0.05, 0.1) is 42.6 Å². The number of hydrogen-bond acceptors (Lipinski definition) is 10. The van der Waals surface area contributed by atoms with Crippen molar-refractivity contribution in [1.82, 2.24) is 29.8 Å². The lowest BCUT2D eigenvalue weighted by Crippen LogP contribution is -2.62. The molecular formula is C47H69F2N7O8. The Hall–Kier alpha value is -4.32. The van der Waals surface area contributed by atoms with Crippen LogP contribution < -0.4 is 11.1 Å². The maximum Gasteiger partial charge on any atom is 0.259 e. The highest BCUT2D eigenvalue weighted by Crippen LogP contribution is 2.59. The quantitative estimate of drug-likeness (QED) is 0.258.